The fraction of sp³-hybridized carbons (Fsp3) is 0.333. The Morgan fingerprint density at radius 1 is 1.15 bits per heavy atom. The van der Waals surface area contributed by atoms with E-state index in [2.05, 4.69) is 0 Å². The van der Waals surface area contributed by atoms with E-state index in [1.807, 2.05) is 13.8 Å². The Balaban J connectivity index is 1.94. The molecule has 2 aromatic carbocycles. The number of rotatable bonds is 9. The molecule has 0 saturated heterocycles. The smallest absolute Gasteiger partial charge is 0.305 e. The standard InChI is InChI=1S/C30H31FN2O6/c1-17(2)29-25(13-12-22(34)15-23(35)16-27(36)37)28(19-6-9-20(31)10-7-19)24-5-3-4-18-8-11-21(33(38)39)14-26(18)30(24)32-29/h6-14,17,22-23,34-35H,3-5,15-16H2,1-2H3,(H,36,37)/b13-12+/t22-,23-/m1/s1. The topological polar surface area (TPSA) is 134 Å². The molecular formula is C30H31FN2O6. The van der Waals surface area contributed by atoms with Crippen LogP contribution in [-0.4, -0.2) is 43.4 Å². The summed E-state index contributed by atoms with van der Waals surface area (Å²) in [6.07, 6.45) is 2.41. The molecular weight excluding hydrogens is 503 g/mol. The summed E-state index contributed by atoms with van der Waals surface area (Å²) in [5, 5.41) is 41.0. The minimum absolute atomic E-state index is 0.0233. The molecule has 0 fully saturated rings. The van der Waals surface area contributed by atoms with Gasteiger partial charge < -0.3 is 15.3 Å². The van der Waals surface area contributed by atoms with Crippen molar-refractivity contribution in [3.8, 4) is 22.4 Å². The molecule has 3 N–H and O–H groups in total. The second-order valence-corrected chi connectivity index (χ2v) is 10.1. The molecule has 204 valence electrons. The van der Waals surface area contributed by atoms with Gasteiger partial charge >= 0.3 is 5.97 Å². The molecule has 0 unspecified atom stereocenters. The van der Waals surface area contributed by atoms with E-state index in [9.17, 15) is 29.5 Å². The molecule has 39 heavy (non-hydrogen) atoms. The number of benzene rings is 2. The molecule has 2 atom stereocenters. The number of aliphatic hydroxyl groups is 2. The van der Waals surface area contributed by atoms with Crippen molar-refractivity contribution < 1.29 is 29.4 Å². The Morgan fingerprint density at radius 3 is 2.51 bits per heavy atom. The van der Waals surface area contributed by atoms with Gasteiger partial charge in [0.15, 0.2) is 0 Å². The van der Waals surface area contributed by atoms with Crippen LogP contribution in [-0.2, 0) is 17.6 Å². The Hall–Kier alpha value is -3.95. The number of hydrogen-bond acceptors (Lipinski definition) is 6. The van der Waals surface area contributed by atoms with Crippen LogP contribution in [0.2, 0.25) is 0 Å². The zero-order chi connectivity index (χ0) is 28.3. The van der Waals surface area contributed by atoms with Crippen LogP contribution < -0.4 is 0 Å². The zero-order valence-electron chi connectivity index (χ0n) is 21.8. The van der Waals surface area contributed by atoms with E-state index in [0.717, 1.165) is 40.7 Å². The highest BCUT2D eigenvalue weighted by molar-refractivity contribution is 5.86. The van der Waals surface area contributed by atoms with Crippen molar-refractivity contribution >= 4 is 17.7 Å². The average Bonchev–Trinajstić information content (AvgIpc) is 3.05. The molecule has 1 aliphatic carbocycles. The van der Waals surface area contributed by atoms with Gasteiger partial charge in [-0.25, -0.2) is 4.39 Å². The zero-order valence-corrected chi connectivity index (χ0v) is 21.8. The molecule has 1 heterocycles. The average molecular weight is 535 g/mol. The van der Waals surface area contributed by atoms with Crippen LogP contribution in [0.4, 0.5) is 10.1 Å². The molecule has 0 radical (unpaired) electrons. The predicted octanol–water partition coefficient (Wildman–Crippen LogP) is 5.67. The molecule has 1 aliphatic rings. The van der Waals surface area contributed by atoms with Gasteiger partial charge in [0.25, 0.3) is 5.69 Å². The third-order valence-electron chi connectivity index (χ3n) is 6.89. The van der Waals surface area contributed by atoms with Crippen molar-refractivity contribution in [1.82, 2.24) is 4.98 Å². The number of carboxylic acid groups (broad SMARTS) is 1. The van der Waals surface area contributed by atoms with E-state index in [0.29, 0.717) is 23.4 Å². The van der Waals surface area contributed by atoms with Crippen molar-refractivity contribution in [2.45, 2.75) is 64.1 Å². The minimum Gasteiger partial charge on any atom is -0.481 e. The van der Waals surface area contributed by atoms with Gasteiger partial charge in [-0.15, -0.1) is 0 Å². The number of aryl methyl sites for hydroxylation is 1. The number of nitro groups is 1. The molecule has 9 heteroatoms. The molecule has 0 spiro atoms. The number of aromatic nitrogens is 1. The van der Waals surface area contributed by atoms with Crippen LogP contribution in [0.1, 0.15) is 61.4 Å². The Kier molecular flexibility index (Phi) is 8.52. The number of carbonyl (C=O) groups is 1. The lowest BCUT2D eigenvalue weighted by Gasteiger charge is -2.22. The lowest BCUT2D eigenvalue weighted by Crippen LogP contribution is -2.19. The summed E-state index contributed by atoms with van der Waals surface area (Å²) in [6.45, 7) is 3.94. The van der Waals surface area contributed by atoms with Gasteiger partial charge in [-0.1, -0.05) is 44.2 Å². The second kappa shape index (κ2) is 11.8. The maximum atomic E-state index is 13.9. The first-order valence-corrected chi connectivity index (χ1v) is 12.9. The largest absolute Gasteiger partial charge is 0.481 e. The van der Waals surface area contributed by atoms with Crippen LogP contribution in [0.3, 0.4) is 0 Å². The Bertz CT molecular complexity index is 1420. The lowest BCUT2D eigenvalue weighted by molar-refractivity contribution is -0.384. The summed E-state index contributed by atoms with van der Waals surface area (Å²) in [6, 6.07) is 11.0. The number of nitro benzene ring substituents is 1. The number of nitrogens with zero attached hydrogens (tertiary/aromatic N) is 2. The summed E-state index contributed by atoms with van der Waals surface area (Å²) >= 11 is 0. The fourth-order valence-electron chi connectivity index (χ4n) is 5.10. The molecule has 0 amide bonds. The van der Waals surface area contributed by atoms with E-state index in [4.69, 9.17) is 10.1 Å². The molecule has 0 bridgehead atoms. The van der Waals surface area contributed by atoms with E-state index in [1.54, 1.807) is 30.3 Å². The van der Waals surface area contributed by atoms with Gasteiger partial charge in [-0.2, -0.15) is 0 Å². The first kappa shape index (κ1) is 28.1. The van der Waals surface area contributed by atoms with Gasteiger partial charge in [-0.3, -0.25) is 19.9 Å². The second-order valence-electron chi connectivity index (χ2n) is 10.1. The number of pyridine rings is 1. The summed E-state index contributed by atoms with van der Waals surface area (Å²) in [5.41, 5.74) is 6.15. The highest BCUT2D eigenvalue weighted by Crippen LogP contribution is 2.42. The summed E-state index contributed by atoms with van der Waals surface area (Å²) in [4.78, 5) is 27.1. The van der Waals surface area contributed by atoms with Gasteiger partial charge in [0.2, 0.25) is 0 Å². The van der Waals surface area contributed by atoms with E-state index in [1.165, 1.54) is 24.3 Å². The monoisotopic (exact) mass is 534 g/mol. The SMILES string of the molecule is CC(C)c1nc2c(c(-c3ccc(F)cc3)c1/C=C/[C@@H](O)C[C@@H](O)CC(=O)O)CCCc1ccc([N+](=O)[O-])cc1-2. The lowest BCUT2D eigenvalue weighted by atomic mass is 9.86. The number of hydrogen-bond donors (Lipinski definition) is 3. The maximum absolute atomic E-state index is 13.9. The van der Waals surface area contributed by atoms with Crippen LogP contribution in [0.5, 0.6) is 0 Å². The van der Waals surface area contributed by atoms with Gasteiger partial charge in [0, 0.05) is 29.7 Å². The van der Waals surface area contributed by atoms with E-state index >= 15 is 0 Å². The van der Waals surface area contributed by atoms with Crippen molar-refractivity contribution in [3.05, 3.63) is 86.9 Å². The first-order chi connectivity index (χ1) is 18.5. The van der Waals surface area contributed by atoms with Crippen molar-refractivity contribution in [2.24, 2.45) is 0 Å². The number of aliphatic hydroxyl groups excluding tert-OH is 2. The number of carboxylic acids is 1. The Labute approximate surface area is 225 Å². The van der Waals surface area contributed by atoms with Crippen LogP contribution >= 0.6 is 0 Å². The quantitative estimate of drug-likeness (QED) is 0.238. The highest BCUT2D eigenvalue weighted by Gasteiger charge is 2.26. The number of aliphatic carboxylic acids is 1. The molecule has 4 rings (SSSR count). The predicted molar refractivity (Wildman–Crippen MR) is 146 cm³/mol. The third-order valence-corrected chi connectivity index (χ3v) is 6.89. The summed E-state index contributed by atoms with van der Waals surface area (Å²) in [7, 11) is 0. The number of fused-ring (bicyclic) bond motifs is 3. The normalized spacial score (nSPS) is 14.5. The first-order valence-electron chi connectivity index (χ1n) is 12.9. The molecule has 3 aromatic rings. The van der Waals surface area contributed by atoms with Crippen molar-refractivity contribution in [2.75, 3.05) is 0 Å². The summed E-state index contributed by atoms with van der Waals surface area (Å²) in [5.74, 6) is -1.62. The summed E-state index contributed by atoms with van der Waals surface area (Å²) < 4.78 is 13.9. The molecule has 8 nitrogen and oxygen atoms in total. The molecule has 0 aliphatic heterocycles. The number of halogens is 1. The molecule has 0 saturated carbocycles. The van der Waals surface area contributed by atoms with Crippen LogP contribution in [0.25, 0.3) is 28.5 Å². The van der Waals surface area contributed by atoms with Gasteiger partial charge in [-0.05, 0) is 59.6 Å². The van der Waals surface area contributed by atoms with Gasteiger partial charge in [0.1, 0.15) is 5.82 Å². The van der Waals surface area contributed by atoms with Crippen LogP contribution in [0.15, 0.2) is 48.5 Å². The van der Waals surface area contributed by atoms with Crippen LogP contribution in [0, 0.1) is 15.9 Å². The maximum Gasteiger partial charge on any atom is 0.305 e. The van der Waals surface area contributed by atoms with Crippen molar-refractivity contribution in [1.29, 1.82) is 0 Å². The Morgan fingerprint density at radius 2 is 1.87 bits per heavy atom. The highest BCUT2D eigenvalue weighted by atomic mass is 19.1. The molecule has 1 aromatic heterocycles. The number of non-ortho nitro benzene ring substituents is 1. The minimum atomic E-state index is -1.21. The third kappa shape index (κ3) is 6.38. The van der Waals surface area contributed by atoms with E-state index in [-0.39, 0.29) is 23.8 Å². The van der Waals surface area contributed by atoms with E-state index < -0.39 is 29.5 Å². The fourth-order valence-corrected chi connectivity index (χ4v) is 5.10. The van der Waals surface area contributed by atoms with Gasteiger partial charge in [0.05, 0.1) is 34.9 Å². The van der Waals surface area contributed by atoms with Crippen molar-refractivity contribution in [3.63, 3.8) is 0 Å².